The van der Waals surface area contributed by atoms with Crippen molar-refractivity contribution in [3.63, 3.8) is 0 Å². The zero-order chi connectivity index (χ0) is 13.4. The number of rotatable bonds is 6. The molecular weight excluding hydrogens is 300 g/mol. The number of carboxylic acids is 1. The first-order valence-corrected chi connectivity index (χ1v) is 6.39. The first-order valence-electron chi connectivity index (χ1n) is 5.60. The van der Waals surface area contributed by atoms with Gasteiger partial charge in [0, 0.05) is 23.1 Å². The second-order valence-electron chi connectivity index (χ2n) is 3.74. The molecule has 0 aliphatic rings. The topological polar surface area (TPSA) is 78.4 Å². The summed E-state index contributed by atoms with van der Waals surface area (Å²) in [7, 11) is 0. The number of carbonyl (C=O) groups is 2. The average molecular weight is 315 g/mol. The van der Waals surface area contributed by atoms with E-state index in [1.165, 1.54) is 0 Å². The van der Waals surface area contributed by atoms with Gasteiger partial charge in [-0.3, -0.25) is 4.79 Å². The highest BCUT2D eigenvalue weighted by Gasteiger charge is 2.01. The highest BCUT2D eigenvalue weighted by Crippen LogP contribution is 2.13. The second-order valence-corrected chi connectivity index (χ2v) is 4.65. The third-order valence-corrected chi connectivity index (χ3v) is 2.73. The van der Waals surface area contributed by atoms with Gasteiger partial charge in [0.05, 0.1) is 0 Å². The van der Waals surface area contributed by atoms with Crippen LogP contribution >= 0.6 is 15.9 Å². The van der Waals surface area contributed by atoms with E-state index in [1.807, 2.05) is 12.1 Å². The number of urea groups is 1. The number of carboxylic acid groups (broad SMARTS) is 1. The van der Waals surface area contributed by atoms with Gasteiger partial charge in [0.25, 0.3) is 0 Å². The Balaban J connectivity index is 2.17. The minimum Gasteiger partial charge on any atom is -0.481 e. The van der Waals surface area contributed by atoms with Crippen molar-refractivity contribution in [1.29, 1.82) is 0 Å². The van der Waals surface area contributed by atoms with E-state index in [2.05, 4.69) is 26.6 Å². The Bertz CT molecular complexity index is 406. The lowest BCUT2D eigenvalue weighted by molar-refractivity contribution is -0.137. The summed E-state index contributed by atoms with van der Waals surface area (Å²) in [6.07, 6.45) is 1.35. The molecule has 0 atom stereocenters. The van der Waals surface area contributed by atoms with Gasteiger partial charge in [-0.15, -0.1) is 0 Å². The van der Waals surface area contributed by atoms with E-state index in [4.69, 9.17) is 5.11 Å². The van der Waals surface area contributed by atoms with E-state index in [-0.39, 0.29) is 12.5 Å². The molecule has 0 bridgehead atoms. The Morgan fingerprint density at radius 3 is 2.44 bits per heavy atom. The molecule has 3 N–H and O–H groups in total. The number of amides is 2. The summed E-state index contributed by atoms with van der Waals surface area (Å²) in [4.78, 5) is 21.7. The smallest absolute Gasteiger partial charge is 0.319 e. The van der Waals surface area contributed by atoms with Crippen LogP contribution in [0, 0.1) is 0 Å². The predicted molar refractivity (Wildman–Crippen MR) is 72.7 cm³/mol. The van der Waals surface area contributed by atoms with Gasteiger partial charge in [-0.2, -0.15) is 0 Å². The fourth-order valence-electron chi connectivity index (χ4n) is 1.31. The van der Waals surface area contributed by atoms with Crippen molar-refractivity contribution in [1.82, 2.24) is 5.32 Å². The normalized spacial score (nSPS) is 9.83. The number of carbonyl (C=O) groups excluding carboxylic acids is 1. The van der Waals surface area contributed by atoms with E-state index in [0.717, 1.165) is 4.47 Å². The van der Waals surface area contributed by atoms with Crippen LogP contribution < -0.4 is 10.6 Å². The predicted octanol–water partition coefficient (Wildman–Crippen LogP) is 2.83. The highest BCUT2D eigenvalue weighted by molar-refractivity contribution is 9.10. The molecule has 98 valence electrons. The molecule has 5 nitrogen and oxygen atoms in total. The summed E-state index contributed by atoms with van der Waals surface area (Å²) < 4.78 is 0.946. The summed E-state index contributed by atoms with van der Waals surface area (Å²) >= 11 is 3.31. The summed E-state index contributed by atoms with van der Waals surface area (Å²) in [6, 6.07) is 6.96. The van der Waals surface area contributed by atoms with Crippen LogP contribution in [0.15, 0.2) is 28.7 Å². The lowest BCUT2D eigenvalue weighted by Crippen LogP contribution is -2.29. The maximum absolute atomic E-state index is 11.4. The first-order chi connectivity index (χ1) is 8.58. The van der Waals surface area contributed by atoms with E-state index < -0.39 is 5.97 Å². The molecule has 1 rings (SSSR count). The molecule has 1 aromatic carbocycles. The van der Waals surface area contributed by atoms with Crippen molar-refractivity contribution in [2.45, 2.75) is 19.3 Å². The van der Waals surface area contributed by atoms with Crippen LogP contribution in [0.4, 0.5) is 10.5 Å². The van der Waals surface area contributed by atoms with Crippen LogP contribution in [0.1, 0.15) is 19.3 Å². The Hall–Kier alpha value is -1.56. The molecule has 0 fully saturated rings. The number of hydrogen-bond donors (Lipinski definition) is 3. The summed E-state index contributed by atoms with van der Waals surface area (Å²) in [5.41, 5.74) is 0.709. The van der Waals surface area contributed by atoms with Gasteiger partial charge in [0.2, 0.25) is 0 Å². The zero-order valence-corrected chi connectivity index (χ0v) is 11.4. The average Bonchev–Trinajstić information content (AvgIpc) is 2.31. The van der Waals surface area contributed by atoms with Crippen molar-refractivity contribution >= 4 is 33.6 Å². The zero-order valence-electron chi connectivity index (χ0n) is 9.78. The van der Waals surface area contributed by atoms with Crippen LogP contribution in [0.5, 0.6) is 0 Å². The number of nitrogens with one attached hydrogen (secondary N) is 2. The number of anilines is 1. The van der Waals surface area contributed by atoms with Crippen LogP contribution in [0.25, 0.3) is 0 Å². The third-order valence-electron chi connectivity index (χ3n) is 2.21. The van der Waals surface area contributed by atoms with Gasteiger partial charge < -0.3 is 15.7 Å². The second kappa shape index (κ2) is 7.71. The number of hydrogen-bond acceptors (Lipinski definition) is 2. The van der Waals surface area contributed by atoms with E-state index in [0.29, 0.717) is 25.1 Å². The molecule has 6 heteroatoms. The van der Waals surface area contributed by atoms with Crippen molar-refractivity contribution in [3.05, 3.63) is 28.7 Å². The summed E-state index contributed by atoms with van der Waals surface area (Å²) in [5, 5.41) is 13.8. The number of halogens is 1. The van der Waals surface area contributed by atoms with Gasteiger partial charge in [0.1, 0.15) is 0 Å². The fourth-order valence-corrected chi connectivity index (χ4v) is 1.58. The third kappa shape index (κ3) is 6.24. The lowest BCUT2D eigenvalue weighted by atomic mass is 10.2. The maximum Gasteiger partial charge on any atom is 0.319 e. The SMILES string of the molecule is O=C(O)CCCCNC(=O)Nc1ccc(Br)cc1. The fraction of sp³-hybridized carbons (Fsp3) is 0.333. The Morgan fingerprint density at radius 2 is 1.83 bits per heavy atom. The molecule has 0 aliphatic carbocycles. The van der Waals surface area contributed by atoms with Crippen LogP contribution in [-0.2, 0) is 4.79 Å². The van der Waals surface area contributed by atoms with Gasteiger partial charge in [-0.25, -0.2) is 4.79 Å². The molecule has 0 radical (unpaired) electrons. The molecular formula is C12H15BrN2O3. The molecule has 0 aliphatic heterocycles. The minimum atomic E-state index is -0.811. The van der Waals surface area contributed by atoms with Crippen LogP contribution in [0.2, 0.25) is 0 Å². The summed E-state index contributed by atoms with van der Waals surface area (Å²) in [5.74, 6) is -0.811. The van der Waals surface area contributed by atoms with Crippen molar-refractivity contribution in [2.75, 3.05) is 11.9 Å². The maximum atomic E-state index is 11.4. The number of unbranched alkanes of at least 4 members (excludes halogenated alkanes) is 1. The standard InChI is InChI=1S/C12H15BrN2O3/c13-9-4-6-10(7-5-9)15-12(18)14-8-2-1-3-11(16)17/h4-7H,1-3,8H2,(H,16,17)(H2,14,15,18). The molecule has 1 aromatic rings. The molecule has 0 unspecified atom stereocenters. The van der Waals surface area contributed by atoms with E-state index in [9.17, 15) is 9.59 Å². The van der Waals surface area contributed by atoms with Crippen molar-refractivity contribution < 1.29 is 14.7 Å². The quantitative estimate of drug-likeness (QED) is 0.706. The molecule has 0 saturated carbocycles. The van der Waals surface area contributed by atoms with Gasteiger partial charge >= 0.3 is 12.0 Å². The lowest BCUT2D eigenvalue weighted by Gasteiger charge is -2.07. The Kier molecular flexibility index (Phi) is 6.21. The Labute approximate surface area is 114 Å². The minimum absolute atomic E-state index is 0.135. The molecule has 0 aromatic heterocycles. The van der Waals surface area contributed by atoms with E-state index in [1.54, 1.807) is 12.1 Å². The molecule has 2 amide bonds. The van der Waals surface area contributed by atoms with Gasteiger partial charge in [0.15, 0.2) is 0 Å². The van der Waals surface area contributed by atoms with Gasteiger partial charge in [-0.1, -0.05) is 15.9 Å². The molecule has 0 saturated heterocycles. The van der Waals surface area contributed by atoms with Crippen molar-refractivity contribution in [2.24, 2.45) is 0 Å². The summed E-state index contributed by atoms with van der Waals surface area (Å²) in [6.45, 7) is 0.468. The highest BCUT2D eigenvalue weighted by atomic mass is 79.9. The molecule has 0 spiro atoms. The Morgan fingerprint density at radius 1 is 1.17 bits per heavy atom. The van der Waals surface area contributed by atoms with Crippen LogP contribution in [-0.4, -0.2) is 23.7 Å². The van der Waals surface area contributed by atoms with Gasteiger partial charge in [-0.05, 0) is 37.1 Å². The number of benzene rings is 1. The molecule has 0 heterocycles. The monoisotopic (exact) mass is 314 g/mol. The van der Waals surface area contributed by atoms with E-state index >= 15 is 0 Å². The molecule has 18 heavy (non-hydrogen) atoms. The van der Waals surface area contributed by atoms with Crippen LogP contribution in [0.3, 0.4) is 0 Å². The largest absolute Gasteiger partial charge is 0.481 e. The number of aliphatic carboxylic acids is 1. The first kappa shape index (κ1) is 14.5. The van der Waals surface area contributed by atoms with Crippen molar-refractivity contribution in [3.8, 4) is 0 Å².